The molecule has 0 unspecified atom stereocenters. The van der Waals surface area contributed by atoms with Gasteiger partial charge in [0.05, 0.1) is 0 Å². The van der Waals surface area contributed by atoms with Crippen molar-refractivity contribution in [2.45, 2.75) is 32.2 Å². The number of oxime groups is 1. The Labute approximate surface area is 82.8 Å². The van der Waals surface area contributed by atoms with Crippen LogP contribution in [0, 0.1) is 0 Å². The smallest absolute Gasteiger partial charge is 0.320 e. The highest BCUT2D eigenvalue weighted by Crippen LogP contribution is 1.98. The second-order valence-corrected chi connectivity index (χ2v) is 3.05. The van der Waals surface area contributed by atoms with Crippen molar-refractivity contribution in [1.82, 2.24) is 5.32 Å². The molecule has 0 saturated heterocycles. The molecular formula is C8H17N3O3. The Morgan fingerprint density at radius 2 is 2.21 bits per heavy atom. The summed E-state index contributed by atoms with van der Waals surface area (Å²) in [5.41, 5.74) is 5.30. The molecule has 6 nitrogen and oxygen atoms in total. The van der Waals surface area contributed by atoms with Gasteiger partial charge in [0.25, 0.3) is 0 Å². The minimum atomic E-state index is -0.967. The average Bonchev–Trinajstić information content (AvgIpc) is 2.16. The predicted octanol–water partition coefficient (Wildman–Crippen LogP) is -0.0342. The first-order valence-electron chi connectivity index (χ1n) is 4.49. The topological polar surface area (TPSA) is 108 Å². The molecule has 0 saturated carbocycles. The molecule has 82 valence electrons. The van der Waals surface area contributed by atoms with E-state index in [9.17, 15) is 4.79 Å². The number of aliphatic carboxylic acids is 1. The maximum atomic E-state index is 10.3. The maximum absolute atomic E-state index is 10.3. The Balaban J connectivity index is 3.34. The summed E-state index contributed by atoms with van der Waals surface area (Å²) < 4.78 is 0. The zero-order chi connectivity index (χ0) is 11.0. The lowest BCUT2D eigenvalue weighted by Gasteiger charge is -2.06. The lowest BCUT2D eigenvalue weighted by Crippen LogP contribution is -2.30. The van der Waals surface area contributed by atoms with Gasteiger partial charge < -0.3 is 21.4 Å². The van der Waals surface area contributed by atoms with E-state index in [1.54, 1.807) is 6.92 Å². The van der Waals surface area contributed by atoms with Crippen molar-refractivity contribution in [2.75, 3.05) is 6.54 Å². The van der Waals surface area contributed by atoms with Gasteiger partial charge in [0, 0.05) is 6.54 Å². The summed E-state index contributed by atoms with van der Waals surface area (Å²) in [5, 5.41) is 22.5. The van der Waals surface area contributed by atoms with Crippen LogP contribution in [0.2, 0.25) is 0 Å². The molecule has 0 aliphatic carbocycles. The molecule has 0 fully saturated rings. The first-order valence-corrected chi connectivity index (χ1v) is 4.49. The highest BCUT2D eigenvalue weighted by atomic mass is 16.4. The lowest BCUT2D eigenvalue weighted by atomic mass is 10.1. The van der Waals surface area contributed by atoms with Gasteiger partial charge in [-0.3, -0.25) is 4.79 Å². The Hall–Kier alpha value is -1.30. The van der Waals surface area contributed by atoms with Crippen LogP contribution in [0.3, 0.4) is 0 Å². The Morgan fingerprint density at radius 1 is 1.57 bits per heavy atom. The SMILES string of the molecule is CC(=NO)NCCCC[C@H](N)C(=O)O. The normalized spacial score (nSPS) is 13.7. The summed E-state index contributed by atoms with van der Waals surface area (Å²) in [5.74, 6) is -0.515. The van der Waals surface area contributed by atoms with Gasteiger partial charge in [-0.1, -0.05) is 5.16 Å². The van der Waals surface area contributed by atoms with Crippen LogP contribution in [0.25, 0.3) is 0 Å². The van der Waals surface area contributed by atoms with Gasteiger partial charge in [0.15, 0.2) is 0 Å². The van der Waals surface area contributed by atoms with Crippen molar-refractivity contribution < 1.29 is 15.1 Å². The van der Waals surface area contributed by atoms with E-state index in [0.29, 0.717) is 18.8 Å². The molecular weight excluding hydrogens is 186 g/mol. The molecule has 0 amide bonds. The van der Waals surface area contributed by atoms with Crippen molar-refractivity contribution >= 4 is 11.8 Å². The summed E-state index contributed by atoms with van der Waals surface area (Å²) in [4.78, 5) is 10.3. The van der Waals surface area contributed by atoms with E-state index in [1.165, 1.54) is 0 Å². The molecule has 0 aromatic rings. The molecule has 6 heteroatoms. The van der Waals surface area contributed by atoms with Crippen LogP contribution in [0.4, 0.5) is 0 Å². The molecule has 14 heavy (non-hydrogen) atoms. The van der Waals surface area contributed by atoms with Gasteiger partial charge in [0.2, 0.25) is 0 Å². The fourth-order valence-corrected chi connectivity index (χ4v) is 0.917. The number of amidine groups is 1. The summed E-state index contributed by atoms with van der Waals surface area (Å²) >= 11 is 0. The van der Waals surface area contributed by atoms with Gasteiger partial charge in [0.1, 0.15) is 11.9 Å². The van der Waals surface area contributed by atoms with E-state index in [1.807, 2.05) is 0 Å². The van der Waals surface area contributed by atoms with Gasteiger partial charge in [-0.15, -0.1) is 0 Å². The number of rotatable bonds is 6. The fourth-order valence-electron chi connectivity index (χ4n) is 0.917. The molecule has 0 spiro atoms. The molecule has 5 N–H and O–H groups in total. The Morgan fingerprint density at radius 3 is 2.71 bits per heavy atom. The van der Waals surface area contributed by atoms with Gasteiger partial charge >= 0.3 is 5.97 Å². The third-order valence-corrected chi connectivity index (χ3v) is 1.79. The summed E-state index contributed by atoms with van der Waals surface area (Å²) in [6.07, 6.45) is 2.00. The third kappa shape index (κ3) is 6.24. The third-order valence-electron chi connectivity index (χ3n) is 1.79. The van der Waals surface area contributed by atoms with Crippen LogP contribution >= 0.6 is 0 Å². The zero-order valence-corrected chi connectivity index (χ0v) is 8.23. The fraction of sp³-hybridized carbons (Fsp3) is 0.750. The van der Waals surface area contributed by atoms with Crippen molar-refractivity contribution in [1.29, 1.82) is 0 Å². The molecule has 0 aromatic carbocycles. The number of unbranched alkanes of at least 4 members (excludes halogenated alkanes) is 1. The monoisotopic (exact) mass is 203 g/mol. The molecule has 0 heterocycles. The van der Waals surface area contributed by atoms with E-state index in [2.05, 4.69) is 10.5 Å². The predicted molar refractivity (Wildman–Crippen MR) is 52.4 cm³/mol. The van der Waals surface area contributed by atoms with E-state index in [4.69, 9.17) is 16.0 Å². The van der Waals surface area contributed by atoms with Gasteiger partial charge in [-0.2, -0.15) is 0 Å². The lowest BCUT2D eigenvalue weighted by molar-refractivity contribution is -0.138. The van der Waals surface area contributed by atoms with Crippen molar-refractivity contribution in [3.05, 3.63) is 0 Å². The van der Waals surface area contributed by atoms with Gasteiger partial charge in [-0.05, 0) is 26.2 Å². The zero-order valence-electron chi connectivity index (χ0n) is 8.23. The van der Waals surface area contributed by atoms with Crippen molar-refractivity contribution in [2.24, 2.45) is 10.9 Å². The number of hydrogen-bond acceptors (Lipinski definition) is 4. The number of nitrogens with one attached hydrogen (secondary N) is 1. The van der Waals surface area contributed by atoms with Crippen LogP contribution in [0.1, 0.15) is 26.2 Å². The number of carbonyl (C=O) groups is 1. The van der Waals surface area contributed by atoms with Crippen molar-refractivity contribution in [3.8, 4) is 0 Å². The number of carboxylic acids is 1. The largest absolute Gasteiger partial charge is 0.480 e. The Kier molecular flexibility index (Phi) is 6.47. The maximum Gasteiger partial charge on any atom is 0.320 e. The molecule has 0 aliphatic rings. The molecule has 0 rings (SSSR count). The number of hydrogen-bond donors (Lipinski definition) is 4. The molecule has 1 atom stereocenters. The Bertz CT molecular complexity index is 206. The van der Waals surface area contributed by atoms with Crippen LogP contribution in [0.15, 0.2) is 5.16 Å². The summed E-state index contributed by atoms with van der Waals surface area (Å²) in [6, 6.07) is -0.775. The molecule has 0 aromatic heterocycles. The van der Waals surface area contributed by atoms with Crippen molar-refractivity contribution in [3.63, 3.8) is 0 Å². The van der Waals surface area contributed by atoms with Crippen LogP contribution in [-0.2, 0) is 4.79 Å². The van der Waals surface area contributed by atoms with E-state index < -0.39 is 12.0 Å². The quantitative estimate of drug-likeness (QED) is 0.159. The average molecular weight is 203 g/mol. The second-order valence-electron chi connectivity index (χ2n) is 3.05. The van der Waals surface area contributed by atoms with E-state index in [-0.39, 0.29) is 0 Å². The molecule has 0 aliphatic heterocycles. The first-order chi connectivity index (χ1) is 6.57. The highest BCUT2D eigenvalue weighted by molar-refractivity contribution is 5.78. The first kappa shape index (κ1) is 12.7. The number of carboxylic acid groups (broad SMARTS) is 1. The summed E-state index contributed by atoms with van der Waals surface area (Å²) in [6.45, 7) is 2.30. The van der Waals surface area contributed by atoms with Crippen LogP contribution in [-0.4, -0.2) is 34.7 Å². The summed E-state index contributed by atoms with van der Waals surface area (Å²) in [7, 11) is 0. The second kappa shape index (κ2) is 7.14. The minimum Gasteiger partial charge on any atom is -0.480 e. The van der Waals surface area contributed by atoms with Gasteiger partial charge in [-0.25, -0.2) is 0 Å². The van der Waals surface area contributed by atoms with E-state index >= 15 is 0 Å². The van der Waals surface area contributed by atoms with Crippen LogP contribution < -0.4 is 11.1 Å². The minimum absolute atomic E-state index is 0.451. The van der Waals surface area contributed by atoms with E-state index in [0.717, 1.165) is 12.8 Å². The van der Waals surface area contributed by atoms with Crippen LogP contribution in [0.5, 0.6) is 0 Å². The number of nitrogens with two attached hydrogens (primary N) is 1. The number of nitrogens with zero attached hydrogens (tertiary/aromatic N) is 1. The highest BCUT2D eigenvalue weighted by Gasteiger charge is 2.09. The molecule has 0 radical (unpaired) electrons. The molecule has 0 bridgehead atoms. The standard InChI is InChI=1S/C8H17N3O3/c1-6(11-14)10-5-3-2-4-7(9)8(12)13/h7,14H,2-5,9H2,1H3,(H,10,11)(H,12,13)/t7-/m0/s1.